The molecule has 0 radical (unpaired) electrons. The van der Waals surface area contributed by atoms with Crippen molar-refractivity contribution >= 4 is 16.9 Å². The zero-order chi connectivity index (χ0) is 25.8. The number of aliphatic carboxylic acids is 1. The van der Waals surface area contributed by atoms with Crippen molar-refractivity contribution in [3.8, 4) is 5.75 Å². The number of carbonyl (C=O) groups is 1. The molecule has 0 amide bonds. The standard InChI is InChI=1S/C27H32F3N3O3/c1-16(27(34)35)15-33-17(2)14-19-18-6-3-4-7-21(18)32-25(19)26(33)23-20(29)8-9-22(24(23)30)36-13-12-31-11-5-10-28/h3-4,6-9,16-17,26,31-32H,5,10-15H2,1-2H3,(H,34,35)/t16?,17-,26-/m1/s1. The first-order valence-corrected chi connectivity index (χ1v) is 12.3. The van der Waals surface area contributed by atoms with Crippen LogP contribution in [0, 0.1) is 17.6 Å². The molecular weight excluding hydrogens is 471 g/mol. The minimum Gasteiger partial charge on any atom is -0.489 e. The first-order valence-electron chi connectivity index (χ1n) is 12.3. The van der Waals surface area contributed by atoms with E-state index in [1.54, 1.807) is 6.92 Å². The van der Waals surface area contributed by atoms with Gasteiger partial charge in [0.2, 0.25) is 0 Å². The summed E-state index contributed by atoms with van der Waals surface area (Å²) in [5.41, 5.74) is 2.33. The fraction of sp³-hybridized carbons (Fsp3) is 0.444. The van der Waals surface area contributed by atoms with Crippen LogP contribution in [0.1, 0.15) is 43.1 Å². The van der Waals surface area contributed by atoms with Gasteiger partial charge >= 0.3 is 5.97 Å². The van der Waals surface area contributed by atoms with Gasteiger partial charge in [0, 0.05) is 35.7 Å². The Morgan fingerprint density at radius 1 is 1.25 bits per heavy atom. The second-order valence-corrected chi connectivity index (χ2v) is 9.37. The number of para-hydroxylation sites is 1. The van der Waals surface area contributed by atoms with Crippen LogP contribution in [0.15, 0.2) is 36.4 Å². The summed E-state index contributed by atoms with van der Waals surface area (Å²) in [6.07, 6.45) is 0.999. The fourth-order valence-electron chi connectivity index (χ4n) is 4.96. The largest absolute Gasteiger partial charge is 0.489 e. The molecule has 1 aromatic heterocycles. The van der Waals surface area contributed by atoms with E-state index in [9.17, 15) is 14.3 Å². The normalized spacial score (nSPS) is 18.8. The zero-order valence-corrected chi connectivity index (χ0v) is 20.5. The number of halogens is 3. The topological polar surface area (TPSA) is 77.6 Å². The van der Waals surface area contributed by atoms with E-state index >= 15 is 8.78 Å². The molecule has 0 aliphatic carbocycles. The number of alkyl halides is 1. The van der Waals surface area contributed by atoms with Crippen LogP contribution in [0.3, 0.4) is 0 Å². The molecule has 0 bridgehead atoms. The van der Waals surface area contributed by atoms with Crippen molar-refractivity contribution in [1.82, 2.24) is 15.2 Å². The Kier molecular flexibility index (Phi) is 8.21. The summed E-state index contributed by atoms with van der Waals surface area (Å²) in [4.78, 5) is 16.9. The molecule has 194 valence electrons. The molecule has 4 rings (SSSR count). The third-order valence-electron chi connectivity index (χ3n) is 6.81. The van der Waals surface area contributed by atoms with Crippen LogP contribution >= 0.6 is 0 Å². The van der Waals surface area contributed by atoms with Crippen LogP contribution in [0.2, 0.25) is 0 Å². The Balaban J connectivity index is 1.75. The molecule has 3 atom stereocenters. The van der Waals surface area contributed by atoms with Gasteiger partial charge in [0.1, 0.15) is 12.4 Å². The predicted octanol–water partition coefficient (Wildman–Crippen LogP) is 4.83. The van der Waals surface area contributed by atoms with Crippen LogP contribution in [-0.2, 0) is 11.2 Å². The summed E-state index contributed by atoms with van der Waals surface area (Å²) in [7, 11) is 0. The maximum Gasteiger partial charge on any atom is 0.307 e. The molecule has 0 saturated carbocycles. The molecule has 9 heteroatoms. The number of benzene rings is 2. The number of ether oxygens (including phenoxy) is 1. The van der Waals surface area contributed by atoms with Gasteiger partial charge in [-0.3, -0.25) is 14.1 Å². The lowest BCUT2D eigenvalue weighted by Gasteiger charge is -2.42. The molecule has 2 heterocycles. The average Bonchev–Trinajstić information content (AvgIpc) is 3.22. The summed E-state index contributed by atoms with van der Waals surface area (Å²) in [5.74, 6) is -3.32. The van der Waals surface area contributed by atoms with Gasteiger partial charge in [0.25, 0.3) is 0 Å². The number of aromatic amines is 1. The first-order chi connectivity index (χ1) is 17.3. The maximum atomic E-state index is 15.9. The number of carboxylic acid groups (broad SMARTS) is 1. The summed E-state index contributed by atoms with van der Waals surface area (Å²) < 4.78 is 49.1. The Morgan fingerprint density at radius 2 is 2.03 bits per heavy atom. The SMILES string of the molecule is CC(CN1[C@H](c2c(F)ccc(OCCNCCCF)c2F)c2[nH]c3ccccc3c2C[C@H]1C)C(=O)O. The fourth-order valence-corrected chi connectivity index (χ4v) is 4.96. The maximum absolute atomic E-state index is 15.9. The van der Waals surface area contributed by atoms with Gasteiger partial charge in [0.05, 0.1) is 24.2 Å². The summed E-state index contributed by atoms with van der Waals surface area (Å²) in [6, 6.07) is 9.14. The van der Waals surface area contributed by atoms with Crippen molar-refractivity contribution < 1.29 is 27.8 Å². The van der Waals surface area contributed by atoms with Crippen molar-refractivity contribution in [2.24, 2.45) is 5.92 Å². The highest BCUT2D eigenvalue weighted by molar-refractivity contribution is 5.85. The molecule has 1 aliphatic rings. The Bertz CT molecular complexity index is 1220. The van der Waals surface area contributed by atoms with Gasteiger partial charge in [-0.2, -0.15) is 0 Å². The Hall–Kier alpha value is -3.04. The second-order valence-electron chi connectivity index (χ2n) is 9.37. The van der Waals surface area contributed by atoms with Crippen LogP contribution in [0.25, 0.3) is 10.9 Å². The summed E-state index contributed by atoms with van der Waals surface area (Å²) >= 11 is 0. The highest BCUT2D eigenvalue weighted by Crippen LogP contribution is 2.43. The summed E-state index contributed by atoms with van der Waals surface area (Å²) in [6.45, 7) is 4.25. The third kappa shape index (κ3) is 5.22. The van der Waals surface area contributed by atoms with E-state index in [1.807, 2.05) is 36.1 Å². The number of rotatable bonds is 11. The molecule has 2 aromatic carbocycles. The zero-order valence-electron chi connectivity index (χ0n) is 20.5. The summed E-state index contributed by atoms with van der Waals surface area (Å²) in [5, 5.41) is 13.6. The number of aromatic nitrogens is 1. The van der Waals surface area contributed by atoms with Crippen molar-refractivity contribution in [3.63, 3.8) is 0 Å². The minimum atomic E-state index is -0.971. The van der Waals surface area contributed by atoms with Crippen LogP contribution in [-0.4, -0.2) is 59.9 Å². The monoisotopic (exact) mass is 503 g/mol. The van der Waals surface area contributed by atoms with E-state index in [2.05, 4.69) is 10.3 Å². The van der Waals surface area contributed by atoms with E-state index in [-0.39, 0.29) is 30.5 Å². The van der Waals surface area contributed by atoms with E-state index in [4.69, 9.17) is 4.74 Å². The molecule has 1 unspecified atom stereocenters. The first kappa shape index (κ1) is 26.0. The molecule has 0 spiro atoms. The van der Waals surface area contributed by atoms with E-state index in [0.717, 1.165) is 16.5 Å². The number of H-pyrrole nitrogens is 1. The Morgan fingerprint density at radius 3 is 2.78 bits per heavy atom. The lowest BCUT2D eigenvalue weighted by atomic mass is 9.87. The van der Waals surface area contributed by atoms with Gasteiger partial charge in [-0.25, -0.2) is 8.78 Å². The van der Waals surface area contributed by atoms with Crippen LogP contribution in [0.4, 0.5) is 13.2 Å². The molecule has 6 nitrogen and oxygen atoms in total. The van der Waals surface area contributed by atoms with Crippen molar-refractivity contribution in [2.45, 2.75) is 38.8 Å². The predicted molar refractivity (Wildman–Crippen MR) is 132 cm³/mol. The molecule has 0 saturated heterocycles. The number of nitrogens with one attached hydrogen (secondary N) is 2. The Labute approximate surface area is 208 Å². The molecule has 3 aromatic rings. The molecule has 3 N–H and O–H groups in total. The van der Waals surface area contributed by atoms with Gasteiger partial charge in [0.15, 0.2) is 11.6 Å². The highest BCUT2D eigenvalue weighted by atomic mass is 19.1. The number of fused-ring (bicyclic) bond motifs is 3. The van der Waals surface area contributed by atoms with Gasteiger partial charge in [-0.05, 0) is 50.1 Å². The van der Waals surface area contributed by atoms with Crippen molar-refractivity contribution in [3.05, 3.63) is 64.9 Å². The number of nitrogens with zero attached hydrogens (tertiary/aromatic N) is 1. The van der Waals surface area contributed by atoms with E-state index in [0.29, 0.717) is 31.6 Å². The van der Waals surface area contributed by atoms with Crippen LogP contribution in [0.5, 0.6) is 5.75 Å². The van der Waals surface area contributed by atoms with Crippen molar-refractivity contribution in [1.29, 1.82) is 0 Å². The van der Waals surface area contributed by atoms with E-state index < -0.39 is 36.2 Å². The van der Waals surface area contributed by atoms with Gasteiger partial charge in [-0.15, -0.1) is 0 Å². The molecular formula is C27H32F3N3O3. The quantitative estimate of drug-likeness (QED) is 0.327. The van der Waals surface area contributed by atoms with Gasteiger partial charge < -0.3 is 20.1 Å². The highest BCUT2D eigenvalue weighted by Gasteiger charge is 2.40. The second kappa shape index (κ2) is 11.3. The van der Waals surface area contributed by atoms with Crippen LogP contribution < -0.4 is 10.1 Å². The number of hydrogen-bond donors (Lipinski definition) is 3. The lowest BCUT2D eigenvalue weighted by molar-refractivity contribution is -0.142. The molecule has 0 fully saturated rings. The lowest BCUT2D eigenvalue weighted by Crippen LogP contribution is -2.46. The number of carboxylic acids is 1. The van der Waals surface area contributed by atoms with Gasteiger partial charge in [-0.1, -0.05) is 25.1 Å². The number of hydrogen-bond acceptors (Lipinski definition) is 4. The smallest absolute Gasteiger partial charge is 0.307 e. The average molecular weight is 504 g/mol. The van der Waals surface area contributed by atoms with E-state index in [1.165, 1.54) is 12.1 Å². The minimum absolute atomic E-state index is 0.0826. The van der Waals surface area contributed by atoms with Crippen molar-refractivity contribution in [2.75, 3.05) is 32.9 Å². The molecule has 1 aliphatic heterocycles. The molecule has 36 heavy (non-hydrogen) atoms. The third-order valence-corrected chi connectivity index (χ3v) is 6.81.